The van der Waals surface area contributed by atoms with Crippen molar-refractivity contribution < 1.29 is 0 Å². The first kappa shape index (κ1) is 12.7. The highest BCUT2D eigenvalue weighted by Crippen LogP contribution is 2.14. The molecule has 0 spiro atoms. The lowest BCUT2D eigenvalue weighted by Crippen LogP contribution is -2.29. The normalized spacial score (nSPS) is 15.8. The predicted molar refractivity (Wildman–Crippen MR) is 61.0 cm³/mol. The minimum absolute atomic E-state index is 0.569. The molecule has 0 aromatic carbocycles. The first-order chi connectivity index (χ1) is 6.15. The van der Waals surface area contributed by atoms with E-state index in [4.69, 9.17) is 0 Å². The van der Waals surface area contributed by atoms with E-state index in [-0.39, 0.29) is 0 Å². The van der Waals surface area contributed by atoms with Crippen molar-refractivity contribution in [2.75, 3.05) is 13.6 Å². The van der Waals surface area contributed by atoms with Gasteiger partial charge >= 0.3 is 0 Å². The Morgan fingerprint density at radius 3 is 2.31 bits per heavy atom. The van der Waals surface area contributed by atoms with E-state index < -0.39 is 0 Å². The maximum atomic E-state index is 3.89. The monoisotopic (exact) mass is 183 g/mol. The second-order valence-corrected chi connectivity index (χ2v) is 3.97. The third kappa shape index (κ3) is 5.09. The van der Waals surface area contributed by atoms with Gasteiger partial charge in [-0.1, -0.05) is 33.3 Å². The maximum Gasteiger partial charge on any atom is 0.0272 e. The second-order valence-electron chi connectivity index (χ2n) is 3.97. The Morgan fingerprint density at radius 2 is 1.92 bits per heavy atom. The van der Waals surface area contributed by atoms with Gasteiger partial charge in [0.05, 0.1) is 0 Å². The zero-order valence-electron chi connectivity index (χ0n) is 9.71. The third-order valence-corrected chi connectivity index (χ3v) is 2.99. The zero-order valence-corrected chi connectivity index (χ0v) is 9.71. The number of hydrogen-bond acceptors (Lipinski definition) is 1. The Bertz CT molecular complexity index is 131. The molecule has 1 unspecified atom stereocenters. The van der Waals surface area contributed by atoms with Crippen molar-refractivity contribution in [2.24, 2.45) is 5.92 Å². The van der Waals surface area contributed by atoms with E-state index in [2.05, 4.69) is 45.4 Å². The average molecular weight is 183 g/mol. The van der Waals surface area contributed by atoms with E-state index in [0.717, 1.165) is 12.5 Å². The topological polar surface area (TPSA) is 3.24 Å². The molecule has 0 radical (unpaired) electrons. The minimum Gasteiger partial charge on any atom is -0.300 e. The van der Waals surface area contributed by atoms with E-state index in [1.807, 2.05) is 0 Å². The summed E-state index contributed by atoms with van der Waals surface area (Å²) in [5, 5.41) is 0. The average Bonchev–Trinajstić information content (AvgIpc) is 2.17. The summed E-state index contributed by atoms with van der Waals surface area (Å²) in [6.07, 6.45) is 5.94. The van der Waals surface area contributed by atoms with Crippen LogP contribution in [0.5, 0.6) is 0 Å². The van der Waals surface area contributed by atoms with Gasteiger partial charge in [0.2, 0.25) is 0 Å². The van der Waals surface area contributed by atoms with Crippen LogP contribution in [0.3, 0.4) is 0 Å². The summed E-state index contributed by atoms with van der Waals surface area (Å²) >= 11 is 0. The fourth-order valence-electron chi connectivity index (χ4n) is 1.41. The van der Waals surface area contributed by atoms with Crippen LogP contribution < -0.4 is 0 Å². The molecule has 0 aromatic rings. The van der Waals surface area contributed by atoms with Gasteiger partial charge in [-0.25, -0.2) is 0 Å². The van der Waals surface area contributed by atoms with E-state index in [1.54, 1.807) is 0 Å². The Balaban J connectivity index is 3.78. The van der Waals surface area contributed by atoms with Crippen LogP contribution in [-0.4, -0.2) is 24.5 Å². The molecule has 0 aliphatic rings. The molecule has 0 amide bonds. The Morgan fingerprint density at radius 1 is 1.31 bits per heavy atom. The maximum absolute atomic E-state index is 3.89. The number of rotatable bonds is 7. The van der Waals surface area contributed by atoms with Crippen molar-refractivity contribution in [3.8, 4) is 0 Å². The van der Waals surface area contributed by atoms with Crippen molar-refractivity contribution in [3.05, 3.63) is 12.7 Å². The summed E-state index contributed by atoms with van der Waals surface area (Å²) in [6.45, 7) is 11.8. The fourth-order valence-corrected chi connectivity index (χ4v) is 1.41. The lowest BCUT2D eigenvalue weighted by molar-refractivity contribution is 0.269. The number of likely N-dealkylation sites (N-methyl/N-ethyl adjacent to an activating group) is 1. The van der Waals surface area contributed by atoms with Crippen molar-refractivity contribution in [1.29, 1.82) is 0 Å². The molecule has 0 aromatic heterocycles. The van der Waals surface area contributed by atoms with E-state index in [0.29, 0.717) is 6.04 Å². The highest BCUT2D eigenvalue weighted by molar-refractivity contribution is 4.86. The molecule has 1 nitrogen and oxygen atoms in total. The van der Waals surface area contributed by atoms with Gasteiger partial charge in [-0.15, -0.1) is 6.58 Å². The van der Waals surface area contributed by atoms with Crippen molar-refractivity contribution >= 4 is 0 Å². The van der Waals surface area contributed by atoms with Crippen molar-refractivity contribution in [1.82, 2.24) is 4.90 Å². The van der Waals surface area contributed by atoms with Crippen LogP contribution in [0.1, 0.15) is 40.0 Å². The van der Waals surface area contributed by atoms with Crippen LogP contribution in [0.15, 0.2) is 12.7 Å². The van der Waals surface area contributed by atoms with E-state index in [1.165, 1.54) is 19.3 Å². The van der Waals surface area contributed by atoms with Gasteiger partial charge in [0.1, 0.15) is 0 Å². The second kappa shape index (κ2) is 7.14. The molecular weight excluding hydrogens is 158 g/mol. The molecule has 0 saturated carbocycles. The van der Waals surface area contributed by atoms with Gasteiger partial charge in [0.15, 0.2) is 0 Å². The summed E-state index contributed by atoms with van der Waals surface area (Å²) in [7, 11) is 2.17. The smallest absolute Gasteiger partial charge is 0.0272 e. The van der Waals surface area contributed by atoms with Crippen LogP contribution in [0.4, 0.5) is 0 Å². The Kier molecular flexibility index (Phi) is 6.97. The largest absolute Gasteiger partial charge is 0.300 e. The fraction of sp³-hybridized carbons (Fsp3) is 0.833. The molecule has 0 bridgehead atoms. The molecule has 0 aliphatic carbocycles. The highest BCUT2D eigenvalue weighted by Gasteiger charge is 2.10. The van der Waals surface area contributed by atoms with Gasteiger partial charge in [0.25, 0.3) is 0 Å². The van der Waals surface area contributed by atoms with Crippen LogP contribution in [0.2, 0.25) is 0 Å². The van der Waals surface area contributed by atoms with Crippen LogP contribution in [0.25, 0.3) is 0 Å². The zero-order chi connectivity index (χ0) is 10.3. The minimum atomic E-state index is 0.569. The third-order valence-electron chi connectivity index (χ3n) is 2.99. The SMILES string of the molecule is C=C[C@@H](CCC(C)CC)N(C)CC. The van der Waals surface area contributed by atoms with Crippen LogP contribution >= 0.6 is 0 Å². The van der Waals surface area contributed by atoms with Crippen LogP contribution in [0, 0.1) is 5.92 Å². The molecule has 0 heterocycles. The number of hydrogen-bond donors (Lipinski definition) is 0. The summed E-state index contributed by atoms with van der Waals surface area (Å²) in [6, 6.07) is 0.569. The molecule has 0 saturated heterocycles. The Hall–Kier alpha value is -0.300. The molecule has 0 fully saturated rings. The lowest BCUT2D eigenvalue weighted by atomic mass is 9.99. The summed E-state index contributed by atoms with van der Waals surface area (Å²) in [5.74, 6) is 0.854. The summed E-state index contributed by atoms with van der Waals surface area (Å²) < 4.78 is 0. The quantitative estimate of drug-likeness (QED) is 0.547. The number of nitrogens with zero attached hydrogens (tertiary/aromatic N) is 1. The van der Waals surface area contributed by atoms with Gasteiger partial charge < -0.3 is 4.90 Å². The van der Waals surface area contributed by atoms with Crippen molar-refractivity contribution in [2.45, 2.75) is 46.1 Å². The first-order valence-corrected chi connectivity index (χ1v) is 5.48. The molecule has 13 heavy (non-hydrogen) atoms. The molecule has 0 rings (SSSR count). The lowest BCUT2D eigenvalue weighted by Gasteiger charge is -2.24. The molecule has 0 N–H and O–H groups in total. The van der Waals surface area contributed by atoms with Crippen LogP contribution in [-0.2, 0) is 0 Å². The highest BCUT2D eigenvalue weighted by atomic mass is 15.1. The van der Waals surface area contributed by atoms with E-state index >= 15 is 0 Å². The molecule has 2 atom stereocenters. The van der Waals surface area contributed by atoms with Gasteiger partial charge in [-0.3, -0.25) is 0 Å². The van der Waals surface area contributed by atoms with Gasteiger partial charge in [0, 0.05) is 6.04 Å². The molecular formula is C12H25N. The standard InChI is InChI=1S/C12H25N/c1-6-11(4)9-10-12(7-2)13(5)8-3/h7,11-12H,2,6,8-10H2,1,3-5H3/t11?,12-/m0/s1. The van der Waals surface area contributed by atoms with Gasteiger partial charge in [-0.2, -0.15) is 0 Å². The molecule has 0 aliphatic heterocycles. The molecule has 1 heteroatoms. The summed E-state index contributed by atoms with van der Waals surface area (Å²) in [4.78, 5) is 2.36. The summed E-state index contributed by atoms with van der Waals surface area (Å²) in [5.41, 5.74) is 0. The van der Waals surface area contributed by atoms with Crippen molar-refractivity contribution in [3.63, 3.8) is 0 Å². The van der Waals surface area contributed by atoms with E-state index in [9.17, 15) is 0 Å². The molecule has 78 valence electrons. The van der Waals surface area contributed by atoms with Gasteiger partial charge in [-0.05, 0) is 32.4 Å². The first-order valence-electron chi connectivity index (χ1n) is 5.48. The predicted octanol–water partition coefficient (Wildman–Crippen LogP) is 3.32. The Labute approximate surface area is 83.8 Å².